The van der Waals surface area contributed by atoms with Gasteiger partial charge in [0.15, 0.2) is 0 Å². The SMILES string of the molecule is CCNc1ncc([N+](=O)[O-])cc1C(=O)N(C)C(C)C1CC1. The smallest absolute Gasteiger partial charge is 0.288 e. The number of nitrogens with zero attached hydrogens (tertiary/aromatic N) is 3. The maximum Gasteiger partial charge on any atom is 0.288 e. The number of hydrogen-bond acceptors (Lipinski definition) is 5. The van der Waals surface area contributed by atoms with Crippen molar-refractivity contribution in [1.29, 1.82) is 0 Å². The van der Waals surface area contributed by atoms with Gasteiger partial charge >= 0.3 is 0 Å². The molecule has 1 fully saturated rings. The molecule has 1 aromatic rings. The predicted molar refractivity (Wildman–Crippen MR) is 79.3 cm³/mol. The Kier molecular flexibility index (Phi) is 4.40. The van der Waals surface area contributed by atoms with Gasteiger partial charge in [0, 0.05) is 25.7 Å². The van der Waals surface area contributed by atoms with Crippen molar-refractivity contribution in [1.82, 2.24) is 9.88 Å². The first-order valence-corrected chi connectivity index (χ1v) is 7.11. The Labute approximate surface area is 123 Å². The van der Waals surface area contributed by atoms with Crippen LogP contribution in [0.3, 0.4) is 0 Å². The van der Waals surface area contributed by atoms with E-state index in [2.05, 4.69) is 10.3 Å². The third-order valence-corrected chi connectivity index (χ3v) is 3.89. The molecule has 2 rings (SSSR count). The summed E-state index contributed by atoms with van der Waals surface area (Å²) in [6.45, 7) is 4.48. The second-order valence-electron chi connectivity index (χ2n) is 5.37. The molecule has 1 aromatic heterocycles. The highest BCUT2D eigenvalue weighted by Gasteiger charge is 2.33. The second-order valence-corrected chi connectivity index (χ2v) is 5.37. The minimum Gasteiger partial charge on any atom is -0.370 e. The summed E-state index contributed by atoms with van der Waals surface area (Å²) in [7, 11) is 1.74. The first kappa shape index (κ1) is 15.2. The van der Waals surface area contributed by atoms with Crippen molar-refractivity contribution in [3.8, 4) is 0 Å². The zero-order valence-corrected chi connectivity index (χ0v) is 12.5. The van der Waals surface area contributed by atoms with E-state index in [9.17, 15) is 14.9 Å². The molecule has 0 saturated heterocycles. The van der Waals surface area contributed by atoms with Gasteiger partial charge in [-0.2, -0.15) is 0 Å². The molecule has 0 aliphatic heterocycles. The minimum absolute atomic E-state index is 0.131. The van der Waals surface area contributed by atoms with Gasteiger partial charge in [-0.25, -0.2) is 4.98 Å². The van der Waals surface area contributed by atoms with Crippen LogP contribution in [0.1, 0.15) is 37.0 Å². The van der Waals surface area contributed by atoms with E-state index in [0.29, 0.717) is 18.3 Å². The monoisotopic (exact) mass is 292 g/mol. The first-order valence-electron chi connectivity index (χ1n) is 7.11. The summed E-state index contributed by atoms with van der Waals surface area (Å²) in [6.07, 6.45) is 3.43. The fraction of sp³-hybridized carbons (Fsp3) is 0.571. The number of nitro groups is 1. The van der Waals surface area contributed by atoms with Gasteiger partial charge in [-0.3, -0.25) is 14.9 Å². The summed E-state index contributed by atoms with van der Waals surface area (Å²) >= 11 is 0. The van der Waals surface area contributed by atoms with E-state index in [1.807, 2.05) is 13.8 Å². The molecule has 0 radical (unpaired) electrons. The van der Waals surface area contributed by atoms with Gasteiger partial charge in [0.1, 0.15) is 12.0 Å². The lowest BCUT2D eigenvalue weighted by molar-refractivity contribution is -0.385. The standard InChI is InChI=1S/C14H20N4O3/c1-4-15-13-12(7-11(8-16-13)18(20)21)14(19)17(3)9(2)10-5-6-10/h7-10H,4-6H2,1-3H3,(H,15,16). The average molecular weight is 292 g/mol. The third kappa shape index (κ3) is 3.29. The summed E-state index contributed by atoms with van der Waals surface area (Å²) in [4.78, 5) is 28.6. The first-order chi connectivity index (χ1) is 9.95. The third-order valence-electron chi connectivity index (χ3n) is 3.89. The number of nitrogens with one attached hydrogen (secondary N) is 1. The summed E-state index contributed by atoms with van der Waals surface area (Å²) in [5, 5.41) is 13.9. The van der Waals surface area contributed by atoms with Crippen LogP contribution in [0.25, 0.3) is 0 Å². The molecule has 1 saturated carbocycles. The van der Waals surface area contributed by atoms with Crippen LogP contribution in [-0.2, 0) is 0 Å². The molecule has 1 atom stereocenters. The van der Waals surface area contributed by atoms with Crippen LogP contribution in [0.5, 0.6) is 0 Å². The van der Waals surface area contributed by atoms with Crippen molar-refractivity contribution in [3.63, 3.8) is 0 Å². The number of amides is 1. The summed E-state index contributed by atoms with van der Waals surface area (Å²) in [5.41, 5.74) is 0.0773. The summed E-state index contributed by atoms with van der Waals surface area (Å²) in [6, 6.07) is 1.43. The zero-order chi connectivity index (χ0) is 15.6. The van der Waals surface area contributed by atoms with E-state index < -0.39 is 4.92 Å². The largest absolute Gasteiger partial charge is 0.370 e. The fourth-order valence-corrected chi connectivity index (χ4v) is 2.29. The van der Waals surface area contributed by atoms with E-state index in [4.69, 9.17) is 0 Å². The molecule has 7 heteroatoms. The van der Waals surface area contributed by atoms with Crippen molar-refractivity contribution in [2.24, 2.45) is 5.92 Å². The molecule has 0 spiro atoms. The van der Waals surface area contributed by atoms with E-state index in [0.717, 1.165) is 12.8 Å². The topological polar surface area (TPSA) is 88.4 Å². The molecule has 1 unspecified atom stereocenters. The number of rotatable bonds is 6. The highest BCUT2D eigenvalue weighted by atomic mass is 16.6. The number of aromatic nitrogens is 1. The van der Waals surface area contributed by atoms with E-state index in [1.165, 1.54) is 12.3 Å². The maximum atomic E-state index is 12.6. The molecular formula is C14H20N4O3. The molecule has 1 aliphatic rings. The van der Waals surface area contributed by atoms with E-state index >= 15 is 0 Å². The molecule has 1 heterocycles. The summed E-state index contributed by atoms with van der Waals surface area (Å²) in [5.74, 6) is 0.692. The van der Waals surface area contributed by atoms with Gasteiger partial charge in [0.05, 0.1) is 10.5 Å². The predicted octanol–water partition coefficient (Wildman–Crippen LogP) is 2.29. The van der Waals surface area contributed by atoms with E-state index in [-0.39, 0.29) is 23.2 Å². The normalized spacial score (nSPS) is 15.4. The molecule has 7 nitrogen and oxygen atoms in total. The molecule has 1 amide bonds. The number of carbonyl (C=O) groups is 1. The summed E-state index contributed by atoms with van der Waals surface area (Å²) < 4.78 is 0. The van der Waals surface area contributed by atoms with Crippen LogP contribution in [0, 0.1) is 16.0 Å². The molecule has 114 valence electrons. The number of pyridine rings is 1. The highest BCUT2D eigenvalue weighted by Crippen LogP contribution is 2.35. The molecule has 0 bridgehead atoms. The second kappa shape index (κ2) is 6.07. The van der Waals surface area contributed by atoms with Crippen LogP contribution < -0.4 is 5.32 Å². The highest BCUT2D eigenvalue weighted by molar-refractivity contribution is 5.99. The Morgan fingerprint density at radius 1 is 1.62 bits per heavy atom. The fourth-order valence-electron chi connectivity index (χ4n) is 2.29. The maximum absolute atomic E-state index is 12.6. The lowest BCUT2D eigenvalue weighted by Gasteiger charge is -2.25. The lowest BCUT2D eigenvalue weighted by atomic mass is 10.1. The van der Waals surface area contributed by atoms with Gasteiger partial charge in [-0.05, 0) is 32.6 Å². The van der Waals surface area contributed by atoms with Crippen LogP contribution in [0.2, 0.25) is 0 Å². The Bertz CT molecular complexity index is 557. The molecule has 21 heavy (non-hydrogen) atoms. The quantitative estimate of drug-likeness (QED) is 0.642. The van der Waals surface area contributed by atoms with Crippen molar-refractivity contribution in [2.75, 3.05) is 18.9 Å². The zero-order valence-electron chi connectivity index (χ0n) is 12.5. The van der Waals surface area contributed by atoms with Gasteiger partial charge in [0.25, 0.3) is 11.6 Å². The van der Waals surface area contributed by atoms with Gasteiger partial charge in [-0.15, -0.1) is 0 Å². The Hall–Kier alpha value is -2.18. The minimum atomic E-state index is -0.538. The van der Waals surface area contributed by atoms with Crippen molar-refractivity contribution >= 4 is 17.4 Å². The number of carbonyl (C=O) groups excluding carboxylic acids is 1. The average Bonchev–Trinajstić information content (AvgIpc) is 3.30. The van der Waals surface area contributed by atoms with E-state index in [1.54, 1.807) is 11.9 Å². The molecule has 1 N–H and O–H groups in total. The van der Waals surface area contributed by atoms with Crippen molar-refractivity contribution in [2.45, 2.75) is 32.7 Å². The van der Waals surface area contributed by atoms with Crippen molar-refractivity contribution in [3.05, 3.63) is 27.9 Å². The van der Waals surface area contributed by atoms with Crippen LogP contribution in [0.15, 0.2) is 12.3 Å². The molecular weight excluding hydrogens is 272 g/mol. The Morgan fingerprint density at radius 2 is 2.29 bits per heavy atom. The Balaban J connectivity index is 2.31. The lowest BCUT2D eigenvalue weighted by Crippen LogP contribution is -2.37. The number of hydrogen-bond donors (Lipinski definition) is 1. The number of anilines is 1. The van der Waals surface area contributed by atoms with Crippen LogP contribution >= 0.6 is 0 Å². The molecule has 0 aromatic carbocycles. The Morgan fingerprint density at radius 3 is 2.81 bits per heavy atom. The van der Waals surface area contributed by atoms with Crippen molar-refractivity contribution < 1.29 is 9.72 Å². The molecule has 1 aliphatic carbocycles. The van der Waals surface area contributed by atoms with Gasteiger partial charge < -0.3 is 10.2 Å². The van der Waals surface area contributed by atoms with Gasteiger partial charge in [-0.1, -0.05) is 0 Å². The van der Waals surface area contributed by atoms with Gasteiger partial charge in [0.2, 0.25) is 0 Å². The van der Waals surface area contributed by atoms with Crippen LogP contribution in [-0.4, -0.2) is 40.3 Å². The van der Waals surface area contributed by atoms with Crippen LogP contribution in [0.4, 0.5) is 11.5 Å².